The van der Waals surface area contributed by atoms with Gasteiger partial charge in [-0.1, -0.05) is 0 Å². The van der Waals surface area contributed by atoms with Crippen molar-refractivity contribution in [2.75, 3.05) is 26.2 Å². The van der Waals surface area contributed by atoms with E-state index in [4.69, 9.17) is 0 Å². The quantitative estimate of drug-likeness (QED) is 0.871. The zero-order valence-corrected chi connectivity index (χ0v) is 13.1. The van der Waals surface area contributed by atoms with Gasteiger partial charge in [0.2, 0.25) is 5.91 Å². The molecule has 2 aliphatic rings. The van der Waals surface area contributed by atoms with Crippen molar-refractivity contribution in [3.8, 4) is 0 Å². The van der Waals surface area contributed by atoms with Gasteiger partial charge in [-0.2, -0.15) is 5.10 Å². The van der Waals surface area contributed by atoms with Crippen LogP contribution >= 0.6 is 0 Å². The van der Waals surface area contributed by atoms with Crippen molar-refractivity contribution >= 4 is 5.91 Å². The molecule has 6 heteroatoms. The maximum Gasteiger partial charge on any atom is 0.222 e. The maximum absolute atomic E-state index is 12.2. The molecular formula is C16H26N4O2. The van der Waals surface area contributed by atoms with Crippen LogP contribution < -0.4 is 0 Å². The number of aliphatic hydroxyl groups is 1. The third-order valence-electron chi connectivity index (χ3n) is 4.92. The summed E-state index contributed by atoms with van der Waals surface area (Å²) in [7, 11) is 0. The number of nitrogens with zero attached hydrogens (tertiary/aromatic N) is 4. The summed E-state index contributed by atoms with van der Waals surface area (Å²) in [6.45, 7) is 4.18. The number of hydrogen-bond donors (Lipinski definition) is 1. The van der Waals surface area contributed by atoms with Crippen LogP contribution in [0.25, 0.3) is 0 Å². The molecule has 2 unspecified atom stereocenters. The molecule has 122 valence electrons. The second-order valence-corrected chi connectivity index (χ2v) is 6.36. The summed E-state index contributed by atoms with van der Waals surface area (Å²) in [5.74, 6) is 0.249. The number of hydrogen-bond acceptors (Lipinski definition) is 4. The first-order chi connectivity index (χ1) is 10.7. The van der Waals surface area contributed by atoms with E-state index in [1.54, 1.807) is 6.20 Å². The Labute approximate surface area is 131 Å². The first kappa shape index (κ1) is 15.5. The Morgan fingerprint density at radius 1 is 1.23 bits per heavy atom. The molecule has 2 heterocycles. The Hall–Kier alpha value is -1.40. The molecule has 1 N–H and O–H groups in total. The number of amides is 1. The number of rotatable bonds is 5. The van der Waals surface area contributed by atoms with Gasteiger partial charge in [0.1, 0.15) is 0 Å². The number of piperazine rings is 1. The molecule has 2 atom stereocenters. The van der Waals surface area contributed by atoms with E-state index >= 15 is 0 Å². The van der Waals surface area contributed by atoms with Crippen molar-refractivity contribution in [2.24, 2.45) is 0 Å². The lowest BCUT2D eigenvalue weighted by Gasteiger charge is -2.39. The lowest BCUT2D eigenvalue weighted by atomic mass is 10.1. The number of aromatic nitrogens is 2. The van der Waals surface area contributed by atoms with E-state index in [0.29, 0.717) is 12.5 Å². The van der Waals surface area contributed by atoms with Crippen LogP contribution in [0.1, 0.15) is 32.1 Å². The molecule has 2 fully saturated rings. The number of carbonyl (C=O) groups is 1. The highest BCUT2D eigenvalue weighted by Crippen LogP contribution is 2.25. The fourth-order valence-corrected chi connectivity index (χ4v) is 3.63. The summed E-state index contributed by atoms with van der Waals surface area (Å²) in [5.41, 5.74) is 0. The molecule has 22 heavy (non-hydrogen) atoms. The van der Waals surface area contributed by atoms with Gasteiger partial charge >= 0.3 is 0 Å². The minimum Gasteiger partial charge on any atom is -0.391 e. The van der Waals surface area contributed by atoms with Gasteiger partial charge in [-0.15, -0.1) is 0 Å². The monoisotopic (exact) mass is 306 g/mol. The molecule has 1 aromatic rings. The lowest BCUT2D eigenvalue weighted by Crippen LogP contribution is -2.53. The molecule has 1 saturated heterocycles. The van der Waals surface area contributed by atoms with Gasteiger partial charge in [0.05, 0.1) is 6.10 Å². The fourth-order valence-electron chi connectivity index (χ4n) is 3.63. The molecule has 1 saturated carbocycles. The van der Waals surface area contributed by atoms with Crippen LogP contribution in [0.3, 0.4) is 0 Å². The summed E-state index contributed by atoms with van der Waals surface area (Å²) in [6, 6.07) is 2.22. The molecule has 1 aliphatic carbocycles. The van der Waals surface area contributed by atoms with E-state index in [9.17, 15) is 9.90 Å². The fraction of sp³-hybridized carbons (Fsp3) is 0.750. The Morgan fingerprint density at radius 3 is 2.68 bits per heavy atom. The van der Waals surface area contributed by atoms with Gasteiger partial charge in [0, 0.05) is 57.6 Å². The highest BCUT2D eigenvalue weighted by atomic mass is 16.3. The van der Waals surface area contributed by atoms with E-state index in [1.807, 2.05) is 21.8 Å². The number of aliphatic hydroxyl groups excluding tert-OH is 1. The van der Waals surface area contributed by atoms with Crippen LogP contribution in [0, 0.1) is 0 Å². The van der Waals surface area contributed by atoms with Crippen molar-refractivity contribution in [2.45, 2.75) is 50.8 Å². The second-order valence-electron chi connectivity index (χ2n) is 6.36. The molecule has 0 bridgehead atoms. The van der Waals surface area contributed by atoms with E-state index in [2.05, 4.69) is 10.00 Å². The average Bonchev–Trinajstić information content (AvgIpc) is 3.19. The van der Waals surface area contributed by atoms with Gasteiger partial charge < -0.3 is 10.0 Å². The Morgan fingerprint density at radius 2 is 2.05 bits per heavy atom. The predicted molar refractivity (Wildman–Crippen MR) is 83.3 cm³/mol. The van der Waals surface area contributed by atoms with Crippen LogP contribution in [-0.4, -0.2) is 68.9 Å². The molecule has 0 spiro atoms. The standard InChI is InChI=1S/C16H26N4O2/c21-15-5-1-4-14(15)18-10-12-19(13-11-18)16(22)6-2-8-20-9-3-7-17-20/h3,7,9,14-15,21H,1-2,4-6,8,10-13H2. The molecule has 6 nitrogen and oxygen atoms in total. The number of carbonyl (C=O) groups excluding carboxylic acids is 1. The summed E-state index contributed by atoms with van der Waals surface area (Å²) < 4.78 is 1.87. The highest BCUT2D eigenvalue weighted by Gasteiger charge is 2.33. The third kappa shape index (κ3) is 3.67. The van der Waals surface area contributed by atoms with E-state index < -0.39 is 0 Å². The van der Waals surface area contributed by atoms with E-state index in [1.165, 1.54) is 0 Å². The third-order valence-corrected chi connectivity index (χ3v) is 4.92. The van der Waals surface area contributed by atoms with Gasteiger partial charge in [0.25, 0.3) is 0 Å². The van der Waals surface area contributed by atoms with Crippen molar-refractivity contribution < 1.29 is 9.90 Å². The Kier molecular flexibility index (Phi) is 5.10. The van der Waals surface area contributed by atoms with Crippen LogP contribution in [0.2, 0.25) is 0 Å². The van der Waals surface area contributed by atoms with Crippen LogP contribution in [0.4, 0.5) is 0 Å². The highest BCUT2D eigenvalue weighted by molar-refractivity contribution is 5.76. The van der Waals surface area contributed by atoms with Gasteiger partial charge in [-0.05, 0) is 31.7 Å². The topological polar surface area (TPSA) is 61.6 Å². The summed E-state index contributed by atoms with van der Waals surface area (Å²) >= 11 is 0. The van der Waals surface area contributed by atoms with Gasteiger partial charge in [0.15, 0.2) is 0 Å². The Bertz CT molecular complexity index is 469. The molecule has 3 rings (SSSR count). The lowest BCUT2D eigenvalue weighted by molar-refractivity contribution is -0.133. The first-order valence-corrected chi connectivity index (χ1v) is 8.41. The molecule has 0 radical (unpaired) electrons. The van der Waals surface area contributed by atoms with Crippen molar-refractivity contribution in [3.63, 3.8) is 0 Å². The first-order valence-electron chi connectivity index (χ1n) is 8.41. The molecule has 0 aromatic carbocycles. The molecule has 1 amide bonds. The molecular weight excluding hydrogens is 280 g/mol. The minimum absolute atomic E-state index is 0.170. The van der Waals surface area contributed by atoms with Crippen LogP contribution in [0.15, 0.2) is 18.5 Å². The van der Waals surface area contributed by atoms with Crippen LogP contribution in [-0.2, 0) is 11.3 Å². The second kappa shape index (κ2) is 7.24. The maximum atomic E-state index is 12.2. The van der Waals surface area contributed by atoms with Crippen LogP contribution in [0.5, 0.6) is 0 Å². The summed E-state index contributed by atoms with van der Waals surface area (Å²) in [5, 5.41) is 14.1. The number of aryl methyl sites for hydroxylation is 1. The van der Waals surface area contributed by atoms with Crippen molar-refractivity contribution in [3.05, 3.63) is 18.5 Å². The predicted octanol–water partition coefficient (Wildman–Crippen LogP) is 0.721. The van der Waals surface area contributed by atoms with Gasteiger partial charge in [-0.3, -0.25) is 14.4 Å². The van der Waals surface area contributed by atoms with Gasteiger partial charge in [-0.25, -0.2) is 0 Å². The summed E-state index contributed by atoms with van der Waals surface area (Å²) in [4.78, 5) is 16.6. The average molecular weight is 306 g/mol. The van der Waals surface area contributed by atoms with E-state index in [0.717, 1.165) is 58.4 Å². The summed E-state index contributed by atoms with van der Waals surface area (Å²) in [6.07, 6.45) is 8.09. The molecule has 1 aliphatic heterocycles. The SMILES string of the molecule is O=C(CCCn1cccn1)N1CCN(C2CCCC2O)CC1. The Balaban J connectivity index is 1.38. The zero-order chi connectivity index (χ0) is 15.4. The normalized spacial score (nSPS) is 26.5. The zero-order valence-electron chi connectivity index (χ0n) is 13.1. The molecule has 1 aromatic heterocycles. The largest absolute Gasteiger partial charge is 0.391 e. The minimum atomic E-state index is -0.170. The van der Waals surface area contributed by atoms with Crippen molar-refractivity contribution in [1.29, 1.82) is 0 Å². The smallest absolute Gasteiger partial charge is 0.222 e. The van der Waals surface area contributed by atoms with E-state index in [-0.39, 0.29) is 12.0 Å². The van der Waals surface area contributed by atoms with Crippen molar-refractivity contribution in [1.82, 2.24) is 19.6 Å².